The van der Waals surface area contributed by atoms with Crippen molar-refractivity contribution in [3.8, 4) is 5.75 Å². The number of carbonyl (C=O) groups is 1. The highest BCUT2D eigenvalue weighted by molar-refractivity contribution is 6.32. The van der Waals surface area contributed by atoms with Crippen molar-refractivity contribution in [2.75, 3.05) is 0 Å². The third-order valence-electron chi connectivity index (χ3n) is 5.30. The summed E-state index contributed by atoms with van der Waals surface area (Å²) in [4.78, 5) is 14.8. The van der Waals surface area contributed by atoms with Gasteiger partial charge in [-0.15, -0.1) is 0 Å². The van der Waals surface area contributed by atoms with Crippen molar-refractivity contribution in [3.63, 3.8) is 0 Å². The fourth-order valence-corrected chi connectivity index (χ4v) is 4.16. The Kier molecular flexibility index (Phi) is 6.24. The maximum atomic E-state index is 13.8. The molecule has 32 heavy (non-hydrogen) atoms. The molecule has 0 radical (unpaired) electrons. The Labute approximate surface area is 190 Å². The van der Waals surface area contributed by atoms with Crippen molar-refractivity contribution in [3.05, 3.63) is 113 Å². The van der Waals surface area contributed by atoms with Crippen LogP contribution in [0.15, 0.2) is 85.6 Å². The predicted octanol–water partition coefficient (Wildman–Crippen LogP) is 7.42. The lowest BCUT2D eigenvalue weighted by molar-refractivity contribution is -0.128. The van der Waals surface area contributed by atoms with Crippen LogP contribution < -0.4 is 4.74 Å². The van der Waals surface area contributed by atoms with Crippen molar-refractivity contribution in [2.24, 2.45) is 0 Å². The molecule has 0 aliphatic rings. The third kappa shape index (κ3) is 4.23. The van der Waals surface area contributed by atoms with Gasteiger partial charge in [-0.1, -0.05) is 55.4 Å². The maximum Gasteiger partial charge on any atom is 0.335 e. The summed E-state index contributed by atoms with van der Waals surface area (Å²) in [6.45, 7) is 5.47. The molecule has 1 aromatic heterocycles. The monoisotopic (exact) mass is 445 g/mol. The van der Waals surface area contributed by atoms with Crippen molar-refractivity contribution in [2.45, 2.75) is 13.3 Å². The van der Waals surface area contributed by atoms with Crippen LogP contribution in [0.1, 0.15) is 30.0 Å². The molecule has 0 aliphatic carbocycles. The number of esters is 1. The van der Waals surface area contributed by atoms with Crippen LogP contribution in [0.5, 0.6) is 5.75 Å². The van der Waals surface area contributed by atoms with Crippen molar-refractivity contribution in [1.82, 2.24) is 4.98 Å². The second-order valence-corrected chi connectivity index (χ2v) is 7.63. The largest absolute Gasteiger partial charge is 0.423 e. The number of H-pyrrole nitrogens is 1. The molecule has 0 saturated heterocycles. The lowest BCUT2D eigenvalue weighted by Gasteiger charge is -2.18. The van der Waals surface area contributed by atoms with E-state index in [2.05, 4.69) is 17.6 Å². The highest BCUT2D eigenvalue weighted by atomic mass is 35.5. The number of benzene rings is 3. The van der Waals surface area contributed by atoms with Gasteiger partial charge in [0.1, 0.15) is 11.6 Å². The van der Waals surface area contributed by atoms with Gasteiger partial charge >= 0.3 is 5.97 Å². The Morgan fingerprint density at radius 3 is 2.56 bits per heavy atom. The van der Waals surface area contributed by atoms with Gasteiger partial charge < -0.3 is 9.72 Å². The van der Waals surface area contributed by atoms with Gasteiger partial charge in [0.15, 0.2) is 0 Å². The minimum absolute atomic E-state index is 0.358. The number of aromatic nitrogens is 1. The number of nitrogens with one attached hydrogen (secondary N) is 1. The topological polar surface area (TPSA) is 42.1 Å². The third-order valence-corrected chi connectivity index (χ3v) is 5.62. The molecule has 1 heterocycles. The summed E-state index contributed by atoms with van der Waals surface area (Å²) < 4.78 is 19.0. The standard InChI is InChI=1S/C27H21ClFNO2/c1-3-20(21-13-10-18(29)16-24(21)28)27(23-6-5-7-25-22(23)14-15-30-25)17-8-11-19(12-9-17)32-26(31)4-2/h4-16,30H,2-3H2,1H3/b27-20+. The highest BCUT2D eigenvalue weighted by Gasteiger charge is 2.18. The van der Waals surface area contributed by atoms with Crippen LogP contribution in [0, 0.1) is 5.82 Å². The molecule has 4 aromatic rings. The molecule has 0 saturated carbocycles. The van der Waals surface area contributed by atoms with E-state index in [4.69, 9.17) is 16.3 Å². The number of hydrogen-bond acceptors (Lipinski definition) is 2. The first-order valence-corrected chi connectivity index (χ1v) is 10.6. The van der Waals surface area contributed by atoms with Gasteiger partial charge in [-0.2, -0.15) is 0 Å². The van der Waals surface area contributed by atoms with Gasteiger partial charge in [0.05, 0.1) is 5.02 Å². The molecule has 0 spiro atoms. The van der Waals surface area contributed by atoms with Gasteiger partial charge in [-0.05, 0) is 70.7 Å². The Bertz CT molecular complexity index is 1340. The molecule has 3 aromatic carbocycles. The van der Waals surface area contributed by atoms with E-state index in [1.807, 2.05) is 43.5 Å². The van der Waals surface area contributed by atoms with Crippen LogP contribution in [-0.2, 0) is 4.79 Å². The summed E-state index contributed by atoms with van der Waals surface area (Å²) in [5.74, 6) is -0.467. The van der Waals surface area contributed by atoms with Gasteiger partial charge in [-0.3, -0.25) is 0 Å². The molecule has 1 N–H and O–H groups in total. The Hall–Kier alpha value is -3.63. The lowest BCUT2D eigenvalue weighted by Crippen LogP contribution is -2.03. The Balaban J connectivity index is 1.97. The second-order valence-electron chi connectivity index (χ2n) is 7.23. The van der Waals surface area contributed by atoms with Gasteiger partial charge in [-0.25, -0.2) is 9.18 Å². The molecule has 0 fully saturated rings. The minimum atomic E-state index is -0.516. The van der Waals surface area contributed by atoms with E-state index in [1.54, 1.807) is 18.2 Å². The molecule has 0 amide bonds. The molecule has 160 valence electrons. The van der Waals surface area contributed by atoms with Crippen LogP contribution in [0.25, 0.3) is 22.0 Å². The molecule has 0 bridgehead atoms. The number of halogens is 2. The zero-order valence-electron chi connectivity index (χ0n) is 17.5. The van der Waals surface area contributed by atoms with Gasteiger partial charge in [0, 0.05) is 23.2 Å². The summed E-state index contributed by atoms with van der Waals surface area (Å²) in [7, 11) is 0. The number of aromatic amines is 1. The Morgan fingerprint density at radius 1 is 1.09 bits per heavy atom. The maximum absolute atomic E-state index is 13.8. The van der Waals surface area contributed by atoms with E-state index in [9.17, 15) is 9.18 Å². The molecule has 0 aliphatic heterocycles. The first kappa shape index (κ1) is 21.6. The second kappa shape index (κ2) is 9.25. The van der Waals surface area contributed by atoms with E-state index in [1.165, 1.54) is 12.1 Å². The Morgan fingerprint density at radius 2 is 1.88 bits per heavy atom. The van der Waals surface area contributed by atoms with Crippen molar-refractivity contribution in [1.29, 1.82) is 0 Å². The number of hydrogen-bond donors (Lipinski definition) is 1. The van der Waals surface area contributed by atoms with Crippen molar-refractivity contribution < 1.29 is 13.9 Å². The summed E-state index contributed by atoms with van der Waals surface area (Å²) in [5, 5.41) is 1.42. The first-order chi connectivity index (χ1) is 15.5. The van der Waals surface area contributed by atoms with E-state index in [-0.39, 0.29) is 5.82 Å². The zero-order valence-corrected chi connectivity index (χ0v) is 18.2. The van der Waals surface area contributed by atoms with E-state index in [0.29, 0.717) is 17.2 Å². The number of carbonyl (C=O) groups excluding carboxylic acids is 1. The number of ether oxygens (including phenoxy) is 1. The van der Waals surface area contributed by atoms with Crippen LogP contribution >= 0.6 is 11.6 Å². The normalized spacial score (nSPS) is 11.8. The fourth-order valence-electron chi connectivity index (χ4n) is 3.88. The van der Waals surface area contributed by atoms with E-state index < -0.39 is 5.97 Å². The predicted molar refractivity (Wildman–Crippen MR) is 128 cm³/mol. The van der Waals surface area contributed by atoms with Gasteiger partial charge in [0.25, 0.3) is 0 Å². The molecule has 4 rings (SSSR count). The van der Waals surface area contributed by atoms with Crippen molar-refractivity contribution >= 4 is 39.6 Å². The van der Waals surface area contributed by atoms with Crippen LogP contribution in [0.2, 0.25) is 5.02 Å². The molecule has 0 atom stereocenters. The first-order valence-electron chi connectivity index (χ1n) is 10.2. The van der Waals surface area contributed by atoms with E-state index >= 15 is 0 Å². The molecule has 0 unspecified atom stereocenters. The lowest BCUT2D eigenvalue weighted by atomic mass is 9.87. The summed E-state index contributed by atoms with van der Waals surface area (Å²) in [5.41, 5.74) is 5.70. The average Bonchev–Trinajstić information content (AvgIpc) is 3.28. The summed E-state index contributed by atoms with van der Waals surface area (Å²) in [6.07, 6.45) is 3.70. The highest BCUT2D eigenvalue weighted by Crippen LogP contribution is 2.40. The van der Waals surface area contributed by atoms with Gasteiger partial charge in [0.2, 0.25) is 0 Å². The molecule has 5 heteroatoms. The molecular weight excluding hydrogens is 425 g/mol. The van der Waals surface area contributed by atoms with E-state index in [0.717, 1.165) is 44.8 Å². The molecular formula is C27H21ClFNO2. The average molecular weight is 446 g/mol. The SMILES string of the molecule is C=CC(=O)Oc1ccc(/C(=C(/CC)c2ccc(F)cc2Cl)c2cccc3[nH]ccc23)cc1. The summed E-state index contributed by atoms with van der Waals surface area (Å²) >= 11 is 6.47. The van der Waals surface area contributed by atoms with Crippen LogP contribution in [0.4, 0.5) is 4.39 Å². The molecule has 3 nitrogen and oxygen atoms in total. The smallest absolute Gasteiger partial charge is 0.335 e. The zero-order chi connectivity index (χ0) is 22.7. The number of allylic oxidation sites excluding steroid dienone is 1. The summed E-state index contributed by atoms with van der Waals surface area (Å²) in [6, 6.07) is 19.9. The fraction of sp³-hybridized carbons (Fsp3) is 0.0741. The minimum Gasteiger partial charge on any atom is -0.423 e. The quantitative estimate of drug-likeness (QED) is 0.145. The van der Waals surface area contributed by atoms with Crippen LogP contribution in [-0.4, -0.2) is 11.0 Å². The number of fused-ring (bicyclic) bond motifs is 1. The number of rotatable bonds is 6. The van der Waals surface area contributed by atoms with Crippen LogP contribution in [0.3, 0.4) is 0 Å².